The highest BCUT2D eigenvalue weighted by molar-refractivity contribution is 7.14. The van der Waals surface area contributed by atoms with E-state index in [1.54, 1.807) is 28.9 Å². The van der Waals surface area contributed by atoms with Crippen LogP contribution in [-0.2, 0) is 11.3 Å². The van der Waals surface area contributed by atoms with Crippen molar-refractivity contribution in [3.63, 3.8) is 0 Å². The fraction of sp³-hybridized carbons (Fsp3) is 0.389. The Bertz CT molecular complexity index is 705. The zero-order valence-corrected chi connectivity index (χ0v) is 15.5. The van der Waals surface area contributed by atoms with Crippen molar-refractivity contribution < 1.29 is 9.15 Å². The van der Waals surface area contributed by atoms with Crippen LogP contribution in [0.5, 0.6) is 0 Å². The highest BCUT2D eigenvalue weighted by Gasteiger charge is 2.15. The summed E-state index contributed by atoms with van der Waals surface area (Å²) in [7, 11) is 0. The lowest BCUT2D eigenvalue weighted by atomic mass is 10.2. The first-order valence-electron chi connectivity index (χ1n) is 8.04. The summed E-state index contributed by atoms with van der Waals surface area (Å²) in [5.41, 5.74) is 2.24. The number of ether oxygens (including phenoxy) is 1. The number of thiophene rings is 1. The maximum Gasteiger partial charge on any atom is 0.124 e. The summed E-state index contributed by atoms with van der Waals surface area (Å²) >= 11 is 3.37. The van der Waals surface area contributed by atoms with Gasteiger partial charge in [-0.1, -0.05) is 13.8 Å². The molecule has 0 saturated heterocycles. The van der Waals surface area contributed by atoms with Crippen LogP contribution >= 0.6 is 22.7 Å². The number of hydrogen-bond acceptors (Lipinski definition) is 6. The molecule has 0 aliphatic carbocycles. The van der Waals surface area contributed by atoms with Gasteiger partial charge in [0.2, 0.25) is 0 Å². The molecule has 3 heterocycles. The molecule has 6 heteroatoms. The van der Waals surface area contributed by atoms with Crippen LogP contribution in [-0.4, -0.2) is 18.2 Å². The molecule has 0 aromatic carbocycles. The first-order chi connectivity index (χ1) is 11.7. The second-order valence-electron chi connectivity index (χ2n) is 6.04. The SMILES string of the molecule is CC(C)COCC(NCc1csc(-c2ccsc2)n1)c1ccco1. The number of aromatic nitrogens is 1. The van der Waals surface area contributed by atoms with Gasteiger partial charge in [0.1, 0.15) is 10.8 Å². The molecular formula is C18H22N2O2S2. The van der Waals surface area contributed by atoms with Crippen LogP contribution in [0, 0.1) is 5.92 Å². The van der Waals surface area contributed by atoms with E-state index in [-0.39, 0.29) is 6.04 Å². The maximum absolute atomic E-state index is 5.79. The molecule has 3 aromatic rings. The maximum atomic E-state index is 5.79. The minimum atomic E-state index is 0.0325. The third-order valence-electron chi connectivity index (χ3n) is 3.47. The van der Waals surface area contributed by atoms with E-state index in [1.807, 2.05) is 12.1 Å². The van der Waals surface area contributed by atoms with Crippen molar-refractivity contribution in [2.24, 2.45) is 5.92 Å². The van der Waals surface area contributed by atoms with Gasteiger partial charge in [-0.2, -0.15) is 11.3 Å². The summed E-state index contributed by atoms with van der Waals surface area (Å²) in [6.07, 6.45) is 1.70. The quantitative estimate of drug-likeness (QED) is 0.584. The van der Waals surface area contributed by atoms with Gasteiger partial charge in [0.15, 0.2) is 0 Å². The first kappa shape index (κ1) is 17.4. The first-order valence-corrected chi connectivity index (χ1v) is 9.86. The second-order valence-corrected chi connectivity index (χ2v) is 7.67. The van der Waals surface area contributed by atoms with Gasteiger partial charge in [-0.05, 0) is 29.5 Å². The van der Waals surface area contributed by atoms with Gasteiger partial charge in [0.05, 0.1) is 24.6 Å². The Morgan fingerprint density at radius 2 is 2.17 bits per heavy atom. The molecule has 0 spiro atoms. The van der Waals surface area contributed by atoms with Gasteiger partial charge < -0.3 is 9.15 Å². The molecule has 0 saturated carbocycles. The van der Waals surface area contributed by atoms with Crippen molar-refractivity contribution in [3.8, 4) is 10.6 Å². The number of thiazole rings is 1. The average Bonchev–Trinajstić information content (AvgIpc) is 3.32. The van der Waals surface area contributed by atoms with Crippen LogP contribution in [0.15, 0.2) is 45.0 Å². The van der Waals surface area contributed by atoms with Crippen LogP contribution in [0.2, 0.25) is 0 Å². The molecule has 3 aromatic heterocycles. The summed E-state index contributed by atoms with van der Waals surface area (Å²) in [4.78, 5) is 4.71. The second kappa shape index (κ2) is 8.58. The zero-order chi connectivity index (χ0) is 16.8. The highest BCUT2D eigenvalue weighted by atomic mass is 32.1. The molecule has 0 aliphatic rings. The average molecular weight is 363 g/mol. The number of hydrogen-bond donors (Lipinski definition) is 1. The Balaban J connectivity index is 1.59. The Kier molecular flexibility index (Phi) is 6.20. The van der Waals surface area contributed by atoms with Gasteiger partial charge in [-0.25, -0.2) is 4.98 Å². The molecule has 1 atom stereocenters. The molecule has 24 heavy (non-hydrogen) atoms. The molecule has 0 fully saturated rings. The number of nitrogens with one attached hydrogen (secondary N) is 1. The zero-order valence-electron chi connectivity index (χ0n) is 13.9. The topological polar surface area (TPSA) is 47.3 Å². The standard InChI is InChI=1S/C18H22N2O2S2/c1-13(2)9-21-10-16(17-4-3-6-22-17)19-8-15-12-24-18(20-15)14-5-7-23-11-14/h3-7,11-13,16,19H,8-10H2,1-2H3. The molecule has 1 unspecified atom stereocenters. The van der Waals surface area contributed by atoms with Crippen LogP contribution in [0.1, 0.15) is 31.3 Å². The summed E-state index contributed by atoms with van der Waals surface area (Å²) < 4.78 is 11.3. The van der Waals surface area contributed by atoms with Gasteiger partial charge in [0.25, 0.3) is 0 Å². The third kappa shape index (κ3) is 4.77. The molecule has 3 rings (SSSR count). The largest absolute Gasteiger partial charge is 0.468 e. The fourth-order valence-corrected chi connectivity index (χ4v) is 3.82. The Morgan fingerprint density at radius 1 is 1.25 bits per heavy atom. The van der Waals surface area contributed by atoms with Crippen molar-refractivity contribution >= 4 is 22.7 Å². The number of rotatable bonds is 9. The molecule has 1 N–H and O–H groups in total. The van der Waals surface area contributed by atoms with E-state index < -0.39 is 0 Å². The molecule has 0 amide bonds. The van der Waals surface area contributed by atoms with E-state index >= 15 is 0 Å². The van der Waals surface area contributed by atoms with E-state index in [2.05, 4.69) is 41.4 Å². The molecule has 4 nitrogen and oxygen atoms in total. The van der Waals surface area contributed by atoms with Crippen LogP contribution in [0.3, 0.4) is 0 Å². The van der Waals surface area contributed by atoms with Gasteiger partial charge in [-0.15, -0.1) is 11.3 Å². The fourth-order valence-electron chi connectivity index (χ4n) is 2.29. The van der Waals surface area contributed by atoms with Crippen molar-refractivity contribution in [3.05, 3.63) is 52.1 Å². The van der Waals surface area contributed by atoms with Crippen molar-refractivity contribution in [1.29, 1.82) is 0 Å². The third-order valence-corrected chi connectivity index (χ3v) is 5.10. The van der Waals surface area contributed by atoms with E-state index in [9.17, 15) is 0 Å². The van der Waals surface area contributed by atoms with Gasteiger partial charge in [-0.3, -0.25) is 5.32 Å². The minimum absolute atomic E-state index is 0.0325. The number of furan rings is 1. The van der Waals surface area contributed by atoms with Crippen LogP contribution < -0.4 is 5.32 Å². The number of nitrogens with zero attached hydrogens (tertiary/aromatic N) is 1. The Labute approximate surface area is 150 Å². The van der Waals surface area contributed by atoms with Gasteiger partial charge in [0, 0.05) is 29.5 Å². The van der Waals surface area contributed by atoms with E-state index in [0.29, 0.717) is 19.1 Å². The van der Waals surface area contributed by atoms with E-state index in [0.717, 1.165) is 23.1 Å². The van der Waals surface area contributed by atoms with Crippen LogP contribution in [0.25, 0.3) is 10.6 Å². The minimum Gasteiger partial charge on any atom is -0.468 e. The Morgan fingerprint density at radius 3 is 2.88 bits per heavy atom. The molecule has 0 aliphatic heterocycles. The lowest BCUT2D eigenvalue weighted by Crippen LogP contribution is -2.25. The molecular weight excluding hydrogens is 340 g/mol. The lowest BCUT2D eigenvalue weighted by molar-refractivity contribution is 0.0843. The predicted octanol–water partition coefficient (Wildman–Crippen LogP) is 4.97. The highest BCUT2D eigenvalue weighted by Crippen LogP contribution is 2.26. The molecule has 0 radical (unpaired) electrons. The van der Waals surface area contributed by atoms with Crippen molar-refractivity contribution in [2.45, 2.75) is 26.4 Å². The molecule has 128 valence electrons. The predicted molar refractivity (Wildman–Crippen MR) is 99.4 cm³/mol. The Hall–Kier alpha value is -1.47. The van der Waals surface area contributed by atoms with Crippen LogP contribution in [0.4, 0.5) is 0 Å². The van der Waals surface area contributed by atoms with E-state index in [4.69, 9.17) is 14.1 Å². The molecule has 0 bridgehead atoms. The van der Waals surface area contributed by atoms with E-state index in [1.165, 1.54) is 5.56 Å². The lowest BCUT2D eigenvalue weighted by Gasteiger charge is -2.17. The summed E-state index contributed by atoms with van der Waals surface area (Å²) in [5, 5.41) is 10.9. The van der Waals surface area contributed by atoms with Crippen molar-refractivity contribution in [2.75, 3.05) is 13.2 Å². The van der Waals surface area contributed by atoms with Crippen molar-refractivity contribution in [1.82, 2.24) is 10.3 Å². The smallest absolute Gasteiger partial charge is 0.124 e. The monoisotopic (exact) mass is 362 g/mol. The normalized spacial score (nSPS) is 12.8. The summed E-state index contributed by atoms with van der Waals surface area (Å²) in [6, 6.07) is 6.02. The summed E-state index contributed by atoms with van der Waals surface area (Å²) in [6.45, 7) is 6.33. The summed E-state index contributed by atoms with van der Waals surface area (Å²) in [5.74, 6) is 1.42. The van der Waals surface area contributed by atoms with Gasteiger partial charge >= 0.3 is 0 Å².